The number of allylic oxidation sites excluding steroid dienone is 2. The van der Waals surface area contributed by atoms with Gasteiger partial charge in [0.05, 0.1) is 0 Å². The molecule has 0 aromatic carbocycles. The average Bonchev–Trinajstić information content (AvgIpc) is 2.63. The zero-order valence-electron chi connectivity index (χ0n) is 17.2. The molecule has 0 radical (unpaired) electrons. The van der Waals surface area contributed by atoms with Gasteiger partial charge in [-0.3, -0.25) is 0 Å². The highest BCUT2D eigenvalue weighted by atomic mass is 16.5. The highest BCUT2D eigenvalue weighted by Gasteiger charge is 2.18. The Hall–Kier alpha value is -1.36. The fourth-order valence-electron chi connectivity index (χ4n) is 3.03. The van der Waals surface area contributed by atoms with Gasteiger partial charge < -0.3 is 14.9 Å². The van der Waals surface area contributed by atoms with Gasteiger partial charge >= 0.3 is 11.9 Å². The van der Waals surface area contributed by atoms with E-state index in [-0.39, 0.29) is 0 Å². The number of rotatable bonds is 20. The van der Waals surface area contributed by atoms with Gasteiger partial charge in [-0.15, -0.1) is 0 Å². The lowest BCUT2D eigenvalue weighted by Crippen LogP contribution is -2.26. The van der Waals surface area contributed by atoms with E-state index in [0.717, 1.165) is 25.7 Å². The Morgan fingerprint density at radius 1 is 0.778 bits per heavy atom. The molecule has 5 nitrogen and oxygen atoms in total. The molecule has 1 atom stereocenters. The van der Waals surface area contributed by atoms with Crippen LogP contribution in [-0.2, 0) is 14.3 Å². The van der Waals surface area contributed by atoms with Crippen molar-refractivity contribution < 1.29 is 24.5 Å². The van der Waals surface area contributed by atoms with Crippen LogP contribution < -0.4 is 0 Å². The first kappa shape index (κ1) is 25.6. The summed E-state index contributed by atoms with van der Waals surface area (Å²) in [6, 6.07) is 0. The monoisotopic (exact) mass is 384 g/mol. The van der Waals surface area contributed by atoms with Gasteiger partial charge in [-0.25, -0.2) is 9.59 Å². The predicted molar refractivity (Wildman–Crippen MR) is 109 cm³/mol. The minimum absolute atomic E-state index is 0.379. The summed E-state index contributed by atoms with van der Waals surface area (Å²) in [4.78, 5) is 21.4. The third-order valence-electron chi connectivity index (χ3n) is 4.66. The largest absolute Gasteiger partial charge is 0.480 e. The highest BCUT2D eigenvalue weighted by molar-refractivity contribution is 5.73. The van der Waals surface area contributed by atoms with Crippen molar-refractivity contribution in [2.75, 3.05) is 6.61 Å². The standard InChI is InChI=1S/C22H40O5/c1-2-3-4-5-6-7-8-9-10-11-12-13-14-15-16-17-18-20(22(25)26)27-19-21(23)24/h9-10,20H,2-8,11-19H2,1H3,(H,23,24)(H,25,26)/b10-9-. The lowest BCUT2D eigenvalue weighted by molar-refractivity contribution is -0.156. The molecular formula is C22H40O5. The van der Waals surface area contributed by atoms with Crippen molar-refractivity contribution in [3.63, 3.8) is 0 Å². The van der Waals surface area contributed by atoms with Crippen molar-refractivity contribution in [1.29, 1.82) is 0 Å². The summed E-state index contributed by atoms with van der Waals surface area (Å²) in [5.74, 6) is -2.22. The molecule has 27 heavy (non-hydrogen) atoms. The summed E-state index contributed by atoms with van der Waals surface area (Å²) in [5, 5.41) is 17.5. The number of ether oxygens (including phenoxy) is 1. The first-order valence-electron chi connectivity index (χ1n) is 10.8. The van der Waals surface area contributed by atoms with Crippen LogP contribution >= 0.6 is 0 Å². The van der Waals surface area contributed by atoms with Crippen molar-refractivity contribution in [3.05, 3.63) is 12.2 Å². The second kappa shape index (κ2) is 19.4. The quantitative estimate of drug-likeness (QED) is 0.200. The van der Waals surface area contributed by atoms with Gasteiger partial charge in [-0.05, 0) is 32.1 Å². The van der Waals surface area contributed by atoms with Crippen molar-refractivity contribution in [2.45, 2.75) is 109 Å². The van der Waals surface area contributed by atoms with E-state index in [4.69, 9.17) is 14.9 Å². The van der Waals surface area contributed by atoms with Gasteiger partial charge in [-0.1, -0.05) is 83.3 Å². The van der Waals surface area contributed by atoms with E-state index in [1.807, 2.05) is 0 Å². The molecule has 0 aliphatic rings. The lowest BCUT2D eigenvalue weighted by atomic mass is 10.1. The summed E-state index contributed by atoms with van der Waals surface area (Å²) < 4.78 is 4.88. The molecule has 0 aromatic rings. The summed E-state index contributed by atoms with van der Waals surface area (Å²) in [7, 11) is 0. The second-order valence-corrected chi connectivity index (χ2v) is 7.26. The first-order chi connectivity index (χ1) is 13.1. The van der Waals surface area contributed by atoms with E-state index in [0.29, 0.717) is 6.42 Å². The second-order valence-electron chi connectivity index (χ2n) is 7.26. The molecule has 0 rings (SSSR count). The van der Waals surface area contributed by atoms with Crippen LogP contribution in [0.15, 0.2) is 12.2 Å². The smallest absolute Gasteiger partial charge is 0.332 e. The van der Waals surface area contributed by atoms with E-state index in [2.05, 4.69) is 19.1 Å². The van der Waals surface area contributed by atoms with Crippen LogP contribution in [0.2, 0.25) is 0 Å². The number of hydrogen-bond acceptors (Lipinski definition) is 3. The summed E-state index contributed by atoms with van der Waals surface area (Å²) in [5.41, 5.74) is 0. The molecule has 0 aliphatic heterocycles. The molecule has 0 aromatic heterocycles. The number of hydrogen-bond donors (Lipinski definition) is 2. The number of carboxylic acid groups (broad SMARTS) is 2. The third kappa shape index (κ3) is 19.2. The van der Waals surface area contributed by atoms with Crippen LogP contribution in [0.4, 0.5) is 0 Å². The molecule has 0 aliphatic carbocycles. The SMILES string of the molecule is CCCCCCCC/C=C\CCCCCCCCC(OCC(=O)O)C(=O)O. The average molecular weight is 385 g/mol. The zero-order valence-corrected chi connectivity index (χ0v) is 17.2. The van der Waals surface area contributed by atoms with Crippen LogP contribution in [0, 0.1) is 0 Å². The first-order valence-corrected chi connectivity index (χ1v) is 10.8. The van der Waals surface area contributed by atoms with Gasteiger partial charge in [0, 0.05) is 0 Å². The van der Waals surface area contributed by atoms with E-state index in [1.54, 1.807) is 0 Å². The van der Waals surface area contributed by atoms with Crippen molar-refractivity contribution in [1.82, 2.24) is 0 Å². The number of unbranched alkanes of at least 4 members (excludes halogenated alkanes) is 12. The van der Waals surface area contributed by atoms with Gasteiger partial charge in [0.25, 0.3) is 0 Å². The normalized spacial score (nSPS) is 12.5. The maximum atomic E-state index is 11.0. The zero-order chi connectivity index (χ0) is 20.2. The van der Waals surface area contributed by atoms with Gasteiger partial charge in [0.15, 0.2) is 6.10 Å². The molecule has 0 saturated heterocycles. The molecule has 0 spiro atoms. The fourth-order valence-corrected chi connectivity index (χ4v) is 3.03. The Kier molecular flexibility index (Phi) is 18.4. The molecule has 2 N–H and O–H groups in total. The molecule has 158 valence electrons. The van der Waals surface area contributed by atoms with Gasteiger partial charge in [-0.2, -0.15) is 0 Å². The maximum absolute atomic E-state index is 11.0. The molecule has 0 fully saturated rings. The van der Waals surface area contributed by atoms with Crippen molar-refractivity contribution in [3.8, 4) is 0 Å². The summed E-state index contributed by atoms with van der Waals surface area (Å²) in [6.45, 7) is 1.70. The highest BCUT2D eigenvalue weighted by Crippen LogP contribution is 2.12. The minimum Gasteiger partial charge on any atom is -0.480 e. The van der Waals surface area contributed by atoms with Crippen molar-refractivity contribution in [2.24, 2.45) is 0 Å². The minimum atomic E-state index is -1.14. The fraction of sp³-hybridized carbons (Fsp3) is 0.818. The van der Waals surface area contributed by atoms with Crippen LogP contribution in [0.5, 0.6) is 0 Å². The van der Waals surface area contributed by atoms with Crippen LogP contribution in [0.25, 0.3) is 0 Å². The summed E-state index contributed by atoms with van der Waals surface area (Å²) >= 11 is 0. The van der Waals surface area contributed by atoms with E-state index in [1.165, 1.54) is 64.2 Å². The predicted octanol–water partition coefficient (Wildman–Crippen LogP) is 5.97. The van der Waals surface area contributed by atoms with E-state index >= 15 is 0 Å². The molecule has 0 bridgehead atoms. The Labute approximate surface area is 165 Å². The van der Waals surface area contributed by atoms with Crippen LogP contribution in [0.1, 0.15) is 103 Å². The van der Waals surface area contributed by atoms with Crippen molar-refractivity contribution >= 4 is 11.9 Å². The topological polar surface area (TPSA) is 83.8 Å². The Bertz CT molecular complexity index is 392. The third-order valence-corrected chi connectivity index (χ3v) is 4.66. The van der Waals surface area contributed by atoms with Crippen LogP contribution in [-0.4, -0.2) is 34.9 Å². The molecule has 5 heteroatoms. The summed E-state index contributed by atoms with van der Waals surface area (Å²) in [6.07, 6.45) is 20.9. The molecule has 1 unspecified atom stereocenters. The molecular weight excluding hydrogens is 344 g/mol. The van der Waals surface area contributed by atoms with Gasteiger partial charge in [0.1, 0.15) is 6.61 Å². The Balaban J connectivity index is 3.39. The molecule has 0 saturated carbocycles. The number of carbonyl (C=O) groups is 2. The lowest BCUT2D eigenvalue weighted by Gasteiger charge is -2.11. The number of aliphatic carboxylic acids is 2. The Morgan fingerprint density at radius 3 is 1.74 bits per heavy atom. The van der Waals surface area contributed by atoms with E-state index < -0.39 is 24.6 Å². The van der Waals surface area contributed by atoms with Gasteiger partial charge in [0.2, 0.25) is 0 Å². The van der Waals surface area contributed by atoms with E-state index in [9.17, 15) is 9.59 Å². The Morgan fingerprint density at radius 2 is 1.26 bits per heavy atom. The molecule has 0 heterocycles. The van der Waals surface area contributed by atoms with Crippen LogP contribution in [0.3, 0.4) is 0 Å². The maximum Gasteiger partial charge on any atom is 0.332 e. The molecule has 0 amide bonds. The number of carboxylic acids is 2.